The van der Waals surface area contributed by atoms with Crippen molar-refractivity contribution in [2.75, 3.05) is 51.7 Å². The van der Waals surface area contributed by atoms with Gasteiger partial charge in [-0.1, -0.05) is 67.5 Å². The number of nitrogens with one attached hydrogen (secondary N) is 1. The maximum absolute atomic E-state index is 14.0. The first-order chi connectivity index (χ1) is 25.3. The van der Waals surface area contributed by atoms with Crippen LogP contribution in [-0.2, 0) is 43.0 Å². The first kappa shape index (κ1) is 42.6. The first-order valence-electron chi connectivity index (χ1n) is 18.6. The Kier molecular flexibility index (Phi) is 13.7. The topological polar surface area (TPSA) is 170 Å². The molecule has 0 bridgehead atoms. The number of rotatable bonds is 16. The number of sulfonamides is 2. The summed E-state index contributed by atoms with van der Waals surface area (Å²) in [6, 6.07) is 8.85. The third kappa shape index (κ3) is 9.70. The molecule has 14 nitrogen and oxygen atoms in total. The molecule has 1 N–H and O–H groups in total. The largest absolute Gasteiger partial charge is 0.477 e. The molecule has 17 heteroatoms. The third-order valence-corrected chi connectivity index (χ3v) is 14.7. The molecule has 54 heavy (non-hydrogen) atoms. The Bertz CT molecular complexity index is 1940. The summed E-state index contributed by atoms with van der Waals surface area (Å²) in [5.41, 5.74) is 2.99. The second-order valence-corrected chi connectivity index (χ2v) is 21.6. The second kappa shape index (κ2) is 17.3. The number of benzene rings is 3. The van der Waals surface area contributed by atoms with Gasteiger partial charge in [0.15, 0.2) is 6.79 Å². The van der Waals surface area contributed by atoms with Gasteiger partial charge < -0.3 is 0 Å². The van der Waals surface area contributed by atoms with Gasteiger partial charge in [-0.25, -0.2) is 26.2 Å². The standard InChI is InChI=1S/C37H55N4O10PS2/c1-24(2)21-49-52(43,50-22-25(3)4)51-23-48-39-37-32-11-9-30(53(44,45)40-17-26(5)13-27(6)18-40)15-34(32)36(38-42)35-16-31(10-12-33(35)37)54(46,47)41-19-28(7)14-29(8)20-41/h9-12,15-16,24-29,39H,13-14,17-23H2,1-8H3/t26-,27+,28-,29?/m1/s1. The van der Waals surface area contributed by atoms with Crippen LogP contribution in [0.5, 0.6) is 0 Å². The molecule has 2 aliphatic rings. The van der Waals surface area contributed by atoms with E-state index in [0.717, 1.165) is 12.8 Å². The van der Waals surface area contributed by atoms with Crippen molar-refractivity contribution in [1.29, 1.82) is 0 Å². The summed E-state index contributed by atoms with van der Waals surface area (Å²) in [4.78, 5) is 18.4. The van der Waals surface area contributed by atoms with Crippen LogP contribution in [0.2, 0.25) is 0 Å². The van der Waals surface area contributed by atoms with Crippen molar-refractivity contribution in [1.82, 2.24) is 8.61 Å². The highest BCUT2D eigenvalue weighted by atomic mass is 32.2. The van der Waals surface area contributed by atoms with Gasteiger partial charge in [-0.15, -0.1) is 4.91 Å². The molecule has 0 aliphatic carbocycles. The molecule has 0 aromatic heterocycles. The van der Waals surface area contributed by atoms with Crippen molar-refractivity contribution < 1.29 is 39.8 Å². The maximum atomic E-state index is 14.0. The molecule has 0 amide bonds. The van der Waals surface area contributed by atoms with Crippen molar-refractivity contribution in [3.05, 3.63) is 41.3 Å². The number of anilines is 1. The van der Waals surface area contributed by atoms with Gasteiger partial charge in [0.2, 0.25) is 20.0 Å². The van der Waals surface area contributed by atoms with Gasteiger partial charge in [-0.3, -0.25) is 19.1 Å². The van der Waals surface area contributed by atoms with E-state index in [4.69, 9.17) is 18.4 Å². The van der Waals surface area contributed by atoms with E-state index in [1.54, 1.807) is 12.1 Å². The average molecular weight is 811 g/mol. The van der Waals surface area contributed by atoms with Gasteiger partial charge >= 0.3 is 7.82 Å². The van der Waals surface area contributed by atoms with E-state index in [2.05, 4.69) is 10.7 Å². The molecule has 0 spiro atoms. The molecule has 2 saturated heterocycles. The molecule has 5 rings (SSSR count). The Hall–Kier alpha value is -2.53. The van der Waals surface area contributed by atoms with E-state index in [-0.39, 0.29) is 80.7 Å². The highest BCUT2D eigenvalue weighted by Crippen LogP contribution is 2.50. The smallest absolute Gasteiger partial charge is 0.287 e. The molecule has 1 unspecified atom stereocenters. The fraction of sp³-hybridized carbons (Fsp3) is 0.622. The number of hydrogen-bond donors (Lipinski definition) is 1. The minimum absolute atomic E-state index is 0.0265. The lowest BCUT2D eigenvalue weighted by molar-refractivity contribution is 0.00464. The molecule has 0 radical (unpaired) electrons. The van der Waals surface area contributed by atoms with E-state index >= 15 is 0 Å². The summed E-state index contributed by atoms with van der Waals surface area (Å²) in [6.07, 6.45) is 1.83. The Morgan fingerprint density at radius 2 is 1.11 bits per heavy atom. The lowest BCUT2D eigenvalue weighted by Gasteiger charge is -2.34. The summed E-state index contributed by atoms with van der Waals surface area (Å²) in [5.74, 6) is 0.785. The number of piperidine rings is 2. The normalized spacial score (nSPS) is 22.4. The van der Waals surface area contributed by atoms with Crippen LogP contribution in [0.25, 0.3) is 21.5 Å². The highest BCUT2D eigenvalue weighted by Gasteiger charge is 2.34. The van der Waals surface area contributed by atoms with Crippen molar-refractivity contribution in [2.24, 2.45) is 40.7 Å². The number of nitrogens with zero attached hydrogens (tertiary/aromatic N) is 3. The fourth-order valence-corrected chi connectivity index (χ4v) is 12.2. The van der Waals surface area contributed by atoms with Gasteiger partial charge in [-0.05, 0) is 77.8 Å². The monoisotopic (exact) mass is 810 g/mol. The molecule has 2 heterocycles. The first-order valence-corrected chi connectivity index (χ1v) is 23.0. The summed E-state index contributed by atoms with van der Waals surface area (Å²) in [6.45, 7) is 16.8. The minimum atomic E-state index is -4.02. The third-order valence-electron chi connectivity index (χ3n) is 9.64. The van der Waals surface area contributed by atoms with Gasteiger partial charge in [-0.2, -0.15) is 8.61 Å². The van der Waals surface area contributed by atoms with E-state index in [1.165, 1.54) is 32.9 Å². The Morgan fingerprint density at radius 3 is 1.48 bits per heavy atom. The van der Waals surface area contributed by atoms with Crippen molar-refractivity contribution in [2.45, 2.75) is 78.0 Å². The van der Waals surface area contributed by atoms with Crippen LogP contribution >= 0.6 is 7.82 Å². The average Bonchev–Trinajstić information content (AvgIpc) is 3.10. The SMILES string of the molecule is CC(C)COP(=O)(OCONc1c2ccc(S(=O)(=O)N3CC(C)C[C@@H](C)C3)cc2c(N=O)c2cc(S(=O)(=O)N3C[C@H](C)C[C@H](C)C3)ccc12)OCC(C)C. The lowest BCUT2D eigenvalue weighted by atomic mass is 9.94. The number of hydrogen-bond acceptors (Lipinski definition) is 12. The fourth-order valence-electron chi connectivity index (χ4n) is 7.38. The molecule has 2 aliphatic heterocycles. The van der Waals surface area contributed by atoms with E-state index in [0.29, 0.717) is 37.0 Å². The summed E-state index contributed by atoms with van der Waals surface area (Å²) < 4.78 is 88.9. The number of fused-ring (bicyclic) bond motifs is 2. The zero-order chi connectivity index (χ0) is 39.6. The molecule has 3 aromatic rings. The van der Waals surface area contributed by atoms with Crippen LogP contribution in [0.3, 0.4) is 0 Å². The summed E-state index contributed by atoms with van der Waals surface area (Å²) in [5, 5.41) is 4.45. The van der Waals surface area contributed by atoms with Crippen molar-refractivity contribution >= 4 is 60.8 Å². The Balaban J connectivity index is 1.59. The van der Waals surface area contributed by atoms with Gasteiger partial charge in [0.1, 0.15) is 5.69 Å². The number of nitroso groups, excluding NO2 is 1. The molecule has 4 atom stereocenters. The van der Waals surface area contributed by atoms with Crippen LogP contribution in [0, 0.1) is 40.4 Å². The van der Waals surface area contributed by atoms with Crippen LogP contribution in [-0.4, -0.2) is 71.6 Å². The second-order valence-electron chi connectivity index (χ2n) is 16.1. The van der Waals surface area contributed by atoms with E-state index in [9.17, 15) is 26.3 Å². The maximum Gasteiger partial charge on any atom is 0.477 e. The Labute approximate surface area is 319 Å². The van der Waals surface area contributed by atoms with Crippen LogP contribution < -0.4 is 5.48 Å². The zero-order valence-corrected chi connectivity index (χ0v) is 35.0. The molecule has 0 saturated carbocycles. The molecule has 300 valence electrons. The molecular weight excluding hydrogens is 756 g/mol. The molecule has 3 aromatic carbocycles. The quantitative estimate of drug-likeness (QED) is 0.0368. The van der Waals surface area contributed by atoms with Crippen molar-refractivity contribution in [3.63, 3.8) is 0 Å². The van der Waals surface area contributed by atoms with E-state index < -0.39 is 34.7 Å². The number of phosphoric acid groups is 1. The number of phosphoric ester groups is 1. The van der Waals surface area contributed by atoms with Gasteiger partial charge in [0, 0.05) is 47.7 Å². The minimum Gasteiger partial charge on any atom is -0.287 e. The molecular formula is C37H55N4O10PS2. The summed E-state index contributed by atoms with van der Waals surface area (Å²) >= 11 is 0. The van der Waals surface area contributed by atoms with Gasteiger partial charge in [0.05, 0.1) is 28.7 Å². The predicted molar refractivity (Wildman–Crippen MR) is 210 cm³/mol. The zero-order valence-electron chi connectivity index (χ0n) is 32.5. The van der Waals surface area contributed by atoms with Crippen molar-refractivity contribution in [3.8, 4) is 0 Å². The van der Waals surface area contributed by atoms with E-state index in [1.807, 2.05) is 55.4 Å². The lowest BCUT2D eigenvalue weighted by Crippen LogP contribution is -2.42. The van der Waals surface area contributed by atoms with Crippen LogP contribution in [0.15, 0.2) is 51.4 Å². The van der Waals surface area contributed by atoms with Gasteiger partial charge in [0.25, 0.3) is 0 Å². The Morgan fingerprint density at radius 1 is 0.704 bits per heavy atom. The molecule has 2 fully saturated rings. The predicted octanol–water partition coefficient (Wildman–Crippen LogP) is 8.50. The van der Waals surface area contributed by atoms with Crippen LogP contribution in [0.4, 0.5) is 11.4 Å². The summed E-state index contributed by atoms with van der Waals surface area (Å²) in [7, 11) is -12.0. The van der Waals surface area contributed by atoms with Crippen LogP contribution in [0.1, 0.15) is 68.2 Å². The highest BCUT2D eigenvalue weighted by molar-refractivity contribution is 7.89.